The predicted molar refractivity (Wildman–Crippen MR) is 83.4 cm³/mol. The molecule has 3 N–H and O–H groups in total. The van der Waals surface area contributed by atoms with Crippen molar-refractivity contribution >= 4 is 27.5 Å². The van der Waals surface area contributed by atoms with Gasteiger partial charge in [-0.15, -0.1) is 0 Å². The minimum atomic E-state index is 0.119. The lowest BCUT2D eigenvalue weighted by Crippen LogP contribution is -2.44. The molecular formula is C14H20BrN3O2. The van der Waals surface area contributed by atoms with Crippen LogP contribution in [0.5, 0.6) is 0 Å². The van der Waals surface area contributed by atoms with Gasteiger partial charge in [0, 0.05) is 35.9 Å². The van der Waals surface area contributed by atoms with E-state index in [0.29, 0.717) is 5.92 Å². The highest BCUT2D eigenvalue weighted by Gasteiger charge is 2.27. The molecule has 0 radical (unpaired) electrons. The van der Waals surface area contributed by atoms with E-state index in [4.69, 9.17) is 15.7 Å². The fourth-order valence-electron chi connectivity index (χ4n) is 2.60. The number of methoxy groups -OCH3 is 1. The monoisotopic (exact) mass is 341 g/mol. The third kappa shape index (κ3) is 3.07. The first-order valence-electron chi connectivity index (χ1n) is 6.62. The molecule has 1 saturated heterocycles. The van der Waals surface area contributed by atoms with Crippen molar-refractivity contribution in [3.05, 3.63) is 28.2 Å². The van der Waals surface area contributed by atoms with Gasteiger partial charge in [-0.2, -0.15) is 0 Å². The highest BCUT2D eigenvalue weighted by molar-refractivity contribution is 9.10. The number of rotatable bonds is 3. The number of nitrogens with zero attached hydrogens (tertiary/aromatic N) is 2. The van der Waals surface area contributed by atoms with Crippen molar-refractivity contribution in [2.24, 2.45) is 16.8 Å². The topological polar surface area (TPSA) is 71.1 Å². The number of ether oxygens (including phenoxy) is 1. The van der Waals surface area contributed by atoms with Gasteiger partial charge in [0.05, 0.1) is 6.10 Å². The number of halogens is 1. The van der Waals surface area contributed by atoms with Gasteiger partial charge in [0.1, 0.15) is 0 Å². The Labute approximate surface area is 127 Å². The molecule has 0 bridgehead atoms. The van der Waals surface area contributed by atoms with Gasteiger partial charge in [0.2, 0.25) is 0 Å². The van der Waals surface area contributed by atoms with E-state index in [1.807, 2.05) is 18.2 Å². The number of nitrogens with two attached hydrogens (primary N) is 1. The van der Waals surface area contributed by atoms with Crippen LogP contribution in [0, 0.1) is 5.92 Å². The quantitative estimate of drug-likeness (QED) is 0.383. The third-order valence-electron chi connectivity index (χ3n) is 3.88. The van der Waals surface area contributed by atoms with Gasteiger partial charge in [-0.05, 0) is 30.5 Å². The van der Waals surface area contributed by atoms with Crippen LogP contribution in [0.15, 0.2) is 27.8 Å². The number of oxime groups is 1. The van der Waals surface area contributed by atoms with Gasteiger partial charge in [-0.3, -0.25) is 0 Å². The molecule has 0 saturated carbocycles. The summed E-state index contributed by atoms with van der Waals surface area (Å²) in [5, 5.41) is 12.1. The Morgan fingerprint density at radius 1 is 1.55 bits per heavy atom. The maximum Gasteiger partial charge on any atom is 0.172 e. The molecule has 1 aromatic carbocycles. The highest BCUT2D eigenvalue weighted by Crippen LogP contribution is 2.29. The minimum absolute atomic E-state index is 0.119. The summed E-state index contributed by atoms with van der Waals surface area (Å²) in [7, 11) is 1.75. The molecule has 0 amide bonds. The summed E-state index contributed by atoms with van der Waals surface area (Å²) in [6.07, 6.45) is 1.26. The van der Waals surface area contributed by atoms with E-state index >= 15 is 0 Å². The van der Waals surface area contributed by atoms with Gasteiger partial charge in [0.25, 0.3) is 0 Å². The van der Waals surface area contributed by atoms with E-state index in [1.165, 1.54) is 0 Å². The van der Waals surface area contributed by atoms with Crippen LogP contribution in [0.2, 0.25) is 0 Å². The normalized spacial score (nSPS) is 23.9. The Hall–Kier alpha value is -1.27. The summed E-state index contributed by atoms with van der Waals surface area (Å²) >= 11 is 3.42. The van der Waals surface area contributed by atoms with E-state index < -0.39 is 0 Å². The summed E-state index contributed by atoms with van der Waals surface area (Å²) in [4.78, 5) is 2.23. The zero-order chi connectivity index (χ0) is 14.7. The van der Waals surface area contributed by atoms with Crippen molar-refractivity contribution in [1.29, 1.82) is 0 Å². The average Bonchev–Trinajstić information content (AvgIpc) is 2.47. The minimum Gasteiger partial charge on any atom is -0.409 e. The van der Waals surface area contributed by atoms with Crippen LogP contribution in [0.3, 0.4) is 0 Å². The molecule has 6 heteroatoms. The van der Waals surface area contributed by atoms with Crippen LogP contribution in [0.4, 0.5) is 5.69 Å². The third-order valence-corrected chi connectivity index (χ3v) is 4.37. The Morgan fingerprint density at radius 3 is 2.95 bits per heavy atom. The number of hydrogen-bond donors (Lipinski definition) is 2. The van der Waals surface area contributed by atoms with E-state index in [1.54, 1.807) is 7.11 Å². The van der Waals surface area contributed by atoms with Crippen LogP contribution in [-0.2, 0) is 4.74 Å². The second kappa shape index (κ2) is 6.45. The van der Waals surface area contributed by atoms with Gasteiger partial charge in [-0.1, -0.05) is 28.0 Å². The molecular weight excluding hydrogens is 322 g/mol. The summed E-state index contributed by atoms with van der Waals surface area (Å²) in [5.74, 6) is 0.660. The van der Waals surface area contributed by atoms with Gasteiger partial charge < -0.3 is 20.6 Å². The average molecular weight is 342 g/mol. The molecule has 0 spiro atoms. The van der Waals surface area contributed by atoms with E-state index in [-0.39, 0.29) is 11.9 Å². The first kappa shape index (κ1) is 15.1. The van der Waals surface area contributed by atoms with E-state index in [9.17, 15) is 0 Å². The lowest BCUT2D eigenvalue weighted by molar-refractivity contribution is 0.0498. The zero-order valence-corrected chi connectivity index (χ0v) is 13.3. The van der Waals surface area contributed by atoms with Crippen LogP contribution in [0.25, 0.3) is 0 Å². The number of piperidine rings is 1. The molecule has 0 aliphatic carbocycles. The number of amidine groups is 1. The standard InChI is InChI=1S/C14H20BrN3O2/c1-9-5-6-18(8-13(9)20-2)12-4-3-10(15)7-11(12)14(16)17-19/h3-4,7,9,13,19H,5-6,8H2,1-2H3,(H2,16,17). The lowest BCUT2D eigenvalue weighted by Gasteiger charge is -2.38. The Morgan fingerprint density at radius 2 is 2.30 bits per heavy atom. The maximum absolute atomic E-state index is 8.95. The van der Waals surface area contributed by atoms with Crippen molar-refractivity contribution in [3.8, 4) is 0 Å². The Kier molecular flexibility index (Phi) is 4.88. The fourth-order valence-corrected chi connectivity index (χ4v) is 2.96. The van der Waals surface area contributed by atoms with Crippen molar-refractivity contribution < 1.29 is 9.94 Å². The molecule has 2 atom stereocenters. The molecule has 1 aromatic rings. The Bertz CT molecular complexity index is 507. The fraction of sp³-hybridized carbons (Fsp3) is 0.500. The molecule has 1 heterocycles. The molecule has 20 heavy (non-hydrogen) atoms. The number of anilines is 1. The van der Waals surface area contributed by atoms with Crippen LogP contribution in [-0.4, -0.2) is 37.3 Å². The van der Waals surface area contributed by atoms with Crippen LogP contribution < -0.4 is 10.6 Å². The Balaban J connectivity index is 2.33. The van der Waals surface area contributed by atoms with Crippen molar-refractivity contribution in [1.82, 2.24) is 0 Å². The SMILES string of the molecule is COC1CN(c2ccc(Br)cc2/C(N)=N/O)CCC1C. The van der Waals surface area contributed by atoms with Gasteiger partial charge in [-0.25, -0.2) is 0 Å². The molecule has 1 aliphatic heterocycles. The second-order valence-corrected chi connectivity index (χ2v) is 6.05. The van der Waals surface area contributed by atoms with Gasteiger partial charge >= 0.3 is 0 Å². The lowest BCUT2D eigenvalue weighted by atomic mass is 9.95. The summed E-state index contributed by atoms with van der Waals surface area (Å²) < 4.78 is 6.44. The predicted octanol–water partition coefficient (Wildman–Crippen LogP) is 2.40. The van der Waals surface area contributed by atoms with Crippen molar-refractivity contribution in [2.45, 2.75) is 19.4 Å². The number of benzene rings is 1. The smallest absolute Gasteiger partial charge is 0.172 e. The molecule has 0 aromatic heterocycles. The molecule has 5 nitrogen and oxygen atoms in total. The van der Waals surface area contributed by atoms with Crippen LogP contribution >= 0.6 is 15.9 Å². The summed E-state index contributed by atoms with van der Waals surface area (Å²) in [5.41, 5.74) is 7.48. The molecule has 1 fully saturated rings. The first-order valence-corrected chi connectivity index (χ1v) is 7.41. The van der Waals surface area contributed by atoms with Crippen LogP contribution in [0.1, 0.15) is 18.9 Å². The zero-order valence-electron chi connectivity index (χ0n) is 11.7. The second-order valence-electron chi connectivity index (χ2n) is 5.13. The molecule has 1 aliphatic rings. The molecule has 2 unspecified atom stereocenters. The van der Waals surface area contributed by atoms with Gasteiger partial charge in [0.15, 0.2) is 5.84 Å². The van der Waals surface area contributed by atoms with Crippen molar-refractivity contribution in [3.63, 3.8) is 0 Å². The maximum atomic E-state index is 8.95. The molecule has 110 valence electrons. The van der Waals surface area contributed by atoms with E-state index in [2.05, 4.69) is 32.9 Å². The summed E-state index contributed by atoms with van der Waals surface area (Å²) in [6.45, 7) is 3.96. The van der Waals surface area contributed by atoms with E-state index in [0.717, 1.165) is 35.2 Å². The number of hydrogen-bond acceptors (Lipinski definition) is 4. The highest BCUT2D eigenvalue weighted by atomic mass is 79.9. The largest absolute Gasteiger partial charge is 0.409 e. The van der Waals surface area contributed by atoms with Crippen molar-refractivity contribution in [2.75, 3.05) is 25.1 Å². The first-order chi connectivity index (χ1) is 9.56. The molecule has 2 rings (SSSR count). The summed E-state index contributed by atoms with van der Waals surface area (Å²) in [6, 6.07) is 5.81.